The summed E-state index contributed by atoms with van der Waals surface area (Å²) >= 11 is 1.05. The third-order valence-corrected chi connectivity index (χ3v) is 7.07. The Morgan fingerprint density at radius 2 is 1.96 bits per heavy atom. The molecular weight excluding hydrogens is 369 g/mol. The van der Waals surface area contributed by atoms with E-state index in [1.807, 2.05) is 4.90 Å². The highest BCUT2D eigenvalue weighted by Gasteiger charge is 2.30. The Hall–Kier alpha value is -2.04. The van der Waals surface area contributed by atoms with Gasteiger partial charge in [-0.25, -0.2) is 22.6 Å². The van der Waals surface area contributed by atoms with Crippen molar-refractivity contribution in [3.63, 3.8) is 0 Å². The number of nitrogens with zero attached hydrogens (tertiary/aromatic N) is 3. The van der Waals surface area contributed by atoms with Crippen LogP contribution in [0.15, 0.2) is 29.3 Å². The first-order valence-corrected chi connectivity index (χ1v) is 9.75. The van der Waals surface area contributed by atoms with Gasteiger partial charge in [0, 0.05) is 26.2 Å². The van der Waals surface area contributed by atoms with Crippen molar-refractivity contribution in [1.29, 1.82) is 0 Å². The van der Waals surface area contributed by atoms with Crippen LogP contribution in [0.2, 0.25) is 0 Å². The summed E-state index contributed by atoms with van der Waals surface area (Å²) in [6.45, 7) is 2.85. The minimum atomic E-state index is -3.77. The van der Waals surface area contributed by atoms with Crippen LogP contribution in [0.25, 0.3) is 0 Å². The summed E-state index contributed by atoms with van der Waals surface area (Å²) in [6.07, 6.45) is 1.29. The topological polar surface area (TPSA) is 90.8 Å². The summed E-state index contributed by atoms with van der Waals surface area (Å²) in [7, 11) is -3.77. The largest absolute Gasteiger partial charge is 0.477 e. The quantitative estimate of drug-likeness (QED) is 0.863. The fraction of sp³-hybridized carbons (Fsp3) is 0.333. The molecule has 1 aliphatic heterocycles. The Balaban J connectivity index is 1.75. The number of hydrogen-bond acceptors (Lipinski definition) is 6. The number of carboxylic acid groups (broad SMARTS) is 1. The van der Waals surface area contributed by atoms with Crippen molar-refractivity contribution >= 4 is 32.5 Å². The van der Waals surface area contributed by atoms with Crippen molar-refractivity contribution in [2.45, 2.75) is 11.8 Å². The fourth-order valence-electron chi connectivity index (χ4n) is 2.62. The monoisotopic (exact) mass is 385 g/mol. The Kier molecular flexibility index (Phi) is 4.76. The summed E-state index contributed by atoms with van der Waals surface area (Å²) in [5, 5.41) is 9.51. The highest BCUT2D eigenvalue weighted by Crippen LogP contribution is 2.26. The van der Waals surface area contributed by atoms with E-state index in [2.05, 4.69) is 4.98 Å². The number of aryl methyl sites for hydroxylation is 1. The molecule has 1 aromatic heterocycles. The second-order valence-electron chi connectivity index (χ2n) is 5.61. The van der Waals surface area contributed by atoms with Gasteiger partial charge >= 0.3 is 5.97 Å². The number of thiazole rings is 1. The molecule has 1 fully saturated rings. The lowest BCUT2D eigenvalue weighted by molar-refractivity contribution is 0.0702. The molecule has 0 aliphatic carbocycles. The van der Waals surface area contributed by atoms with Crippen LogP contribution in [-0.4, -0.2) is 55.0 Å². The Labute approximate surface area is 148 Å². The number of benzene rings is 1. The average Bonchev–Trinajstić information content (AvgIpc) is 3.07. The molecule has 0 amide bonds. The molecule has 25 heavy (non-hydrogen) atoms. The SMILES string of the molecule is Cc1ccc(F)cc1S(=O)(=O)N1CCN(c2ncc(C(=O)O)s2)CC1. The normalized spacial score (nSPS) is 16.2. The Morgan fingerprint density at radius 3 is 2.56 bits per heavy atom. The first kappa shape index (κ1) is 17.8. The van der Waals surface area contributed by atoms with Crippen LogP contribution in [0.4, 0.5) is 9.52 Å². The van der Waals surface area contributed by atoms with Crippen molar-refractivity contribution in [3.05, 3.63) is 40.7 Å². The van der Waals surface area contributed by atoms with E-state index in [9.17, 15) is 17.6 Å². The van der Waals surface area contributed by atoms with Crippen molar-refractivity contribution < 1.29 is 22.7 Å². The maximum atomic E-state index is 13.4. The lowest BCUT2D eigenvalue weighted by atomic mass is 10.2. The van der Waals surface area contributed by atoms with Crippen molar-refractivity contribution in [2.24, 2.45) is 0 Å². The van der Waals surface area contributed by atoms with Crippen LogP contribution in [0.3, 0.4) is 0 Å². The van der Waals surface area contributed by atoms with Crippen LogP contribution >= 0.6 is 11.3 Å². The van der Waals surface area contributed by atoms with E-state index in [1.54, 1.807) is 6.92 Å². The molecule has 3 rings (SSSR count). The fourth-order valence-corrected chi connectivity index (χ4v) is 5.09. The Bertz CT molecular complexity index is 905. The molecule has 1 saturated heterocycles. The first-order chi connectivity index (χ1) is 11.8. The summed E-state index contributed by atoms with van der Waals surface area (Å²) in [4.78, 5) is 17.0. The van der Waals surface area contributed by atoms with Crippen LogP contribution < -0.4 is 4.90 Å². The van der Waals surface area contributed by atoms with E-state index in [1.165, 1.54) is 22.6 Å². The summed E-state index contributed by atoms with van der Waals surface area (Å²) < 4.78 is 40.3. The minimum Gasteiger partial charge on any atom is -0.477 e. The number of carbonyl (C=O) groups is 1. The molecule has 10 heteroatoms. The molecule has 134 valence electrons. The average molecular weight is 385 g/mol. The molecule has 0 bridgehead atoms. The second-order valence-corrected chi connectivity index (χ2v) is 8.53. The standard InChI is InChI=1S/C15H16FN3O4S2/c1-10-2-3-11(16)8-13(10)25(22,23)19-6-4-18(5-7-19)15-17-9-12(24-15)14(20)21/h2-3,8-9H,4-7H2,1H3,(H,20,21). The molecule has 1 aromatic carbocycles. The molecular formula is C15H16FN3O4S2. The van der Waals surface area contributed by atoms with Crippen molar-refractivity contribution in [3.8, 4) is 0 Å². The lowest BCUT2D eigenvalue weighted by Gasteiger charge is -2.34. The zero-order valence-electron chi connectivity index (χ0n) is 13.3. The molecule has 1 N–H and O–H groups in total. The highest BCUT2D eigenvalue weighted by atomic mass is 32.2. The number of hydrogen-bond donors (Lipinski definition) is 1. The molecule has 0 unspecified atom stereocenters. The van der Waals surface area contributed by atoms with Gasteiger partial charge in [-0.05, 0) is 24.6 Å². The number of sulfonamides is 1. The molecule has 1 aliphatic rings. The third-order valence-electron chi connectivity index (χ3n) is 3.98. The number of anilines is 1. The van der Waals surface area contributed by atoms with Crippen molar-refractivity contribution in [2.75, 3.05) is 31.1 Å². The number of rotatable bonds is 4. The minimum absolute atomic E-state index is 0.0247. The van der Waals surface area contributed by atoms with Gasteiger partial charge in [-0.1, -0.05) is 17.4 Å². The second kappa shape index (κ2) is 6.70. The summed E-state index contributed by atoms with van der Waals surface area (Å²) in [5.74, 6) is -1.63. The molecule has 7 nitrogen and oxygen atoms in total. The van der Waals surface area contributed by atoms with Crippen LogP contribution in [0.1, 0.15) is 15.2 Å². The number of aromatic nitrogens is 1. The highest BCUT2D eigenvalue weighted by molar-refractivity contribution is 7.89. The van der Waals surface area contributed by atoms with E-state index in [0.717, 1.165) is 17.4 Å². The maximum absolute atomic E-state index is 13.4. The predicted molar refractivity (Wildman–Crippen MR) is 91.2 cm³/mol. The first-order valence-electron chi connectivity index (χ1n) is 7.49. The molecule has 0 radical (unpaired) electrons. The number of halogens is 1. The zero-order valence-corrected chi connectivity index (χ0v) is 15.0. The Morgan fingerprint density at radius 1 is 1.28 bits per heavy atom. The van der Waals surface area contributed by atoms with Gasteiger partial charge in [0.05, 0.1) is 11.1 Å². The predicted octanol–water partition coefficient (Wildman–Crippen LogP) is 1.80. The molecule has 0 spiro atoms. The van der Waals surface area contributed by atoms with Gasteiger partial charge < -0.3 is 10.0 Å². The van der Waals surface area contributed by atoms with Crippen LogP contribution in [0.5, 0.6) is 0 Å². The van der Waals surface area contributed by atoms with E-state index in [0.29, 0.717) is 23.8 Å². The van der Waals surface area contributed by atoms with E-state index in [-0.39, 0.29) is 22.9 Å². The molecule has 2 heterocycles. The maximum Gasteiger partial charge on any atom is 0.347 e. The van der Waals surface area contributed by atoms with Gasteiger partial charge in [-0.2, -0.15) is 4.31 Å². The molecule has 2 aromatic rings. The van der Waals surface area contributed by atoms with Gasteiger partial charge in [0.15, 0.2) is 5.13 Å². The van der Waals surface area contributed by atoms with E-state index < -0.39 is 21.8 Å². The van der Waals surface area contributed by atoms with Crippen LogP contribution in [-0.2, 0) is 10.0 Å². The summed E-state index contributed by atoms with van der Waals surface area (Å²) in [6, 6.07) is 3.72. The van der Waals surface area contributed by atoms with Gasteiger partial charge in [-0.15, -0.1) is 0 Å². The van der Waals surface area contributed by atoms with Gasteiger partial charge in [0.2, 0.25) is 10.0 Å². The zero-order chi connectivity index (χ0) is 18.2. The molecule has 0 atom stereocenters. The number of carboxylic acids is 1. The van der Waals surface area contributed by atoms with Crippen molar-refractivity contribution in [1.82, 2.24) is 9.29 Å². The van der Waals surface area contributed by atoms with Gasteiger partial charge in [0.1, 0.15) is 10.7 Å². The molecule has 0 saturated carbocycles. The van der Waals surface area contributed by atoms with E-state index in [4.69, 9.17) is 5.11 Å². The van der Waals surface area contributed by atoms with Crippen LogP contribution in [0, 0.1) is 12.7 Å². The third kappa shape index (κ3) is 3.51. The van der Waals surface area contributed by atoms with Gasteiger partial charge in [0.25, 0.3) is 0 Å². The van der Waals surface area contributed by atoms with E-state index >= 15 is 0 Å². The number of piperazine rings is 1. The summed E-state index contributed by atoms with van der Waals surface area (Å²) in [5.41, 5.74) is 0.495. The smallest absolute Gasteiger partial charge is 0.347 e. The lowest BCUT2D eigenvalue weighted by Crippen LogP contribution is -2.48. The van der Waals surface area contributed by atoms with Gasteiger partial charge in [-0.3, -0.25) is 0 Å². The number of aromatic carboxylic acids is 1.